The van der Waals surface area contributed by atoms with Crippen molar-refractivity contribution in [1.29, 1.82) is 0 Å². The van der Waals surface area contributed by atoms with E-state index >= 15 is 0 Å². The smallest absolute Gasteiger partial charge is 0.230 e. The molecule has 0 aliphatic carbocycles. The molecule has 13 heavy (non-hydrogen) atoms. The van der Waals surface area contributed by atoms with Gasteiger partial charge in [0.05, 0.1) is 0 Å². The molecule has 1 aromatic heterocycles. The first-order chi connectivity index (χ1) is 6.02. The third-order valence-corrected chi connectivity index (χ3v) is 1.87. The number of aromatic nitrogens is 2. The minimum absolute atomic E-state index is 0.00649. The van der Waals surface area contributed by atoms with E-state index in [4.69, 9.17) is 0 Å². The van der Waals surface area contributed by atoms with Gasteiger partial charge in [0.15, 0.2) is 5.82 Å². The van der Waals surface area contributed by atoms with E-state index in [9.17, 15) is 4.79 Å². The van der Waals surface area contributed by atoms with Gasteiger partial charge in [-0.1, -0.05) is 13.8 Å². The van der Waals surface area contributed by atoms with Gasteiger partial charge in [-0.05, 0) is 0 Å². The minimum atomic E-state index is 0.00649. The number of anilines is 1. The molecule has 0 spiro atoms. The monoisotopic (exact) mass is 181 g/mol. The van der Waals surface area contributed by atoms with Crippen LogP contribution in [-0.4, -0.2) is 22.7 Å². The van der Waals surface area contributed by atoms with Crippen LogP contribution in [-0.2, 0) is 11.8 Å². The zero-order valence-corrected chi connectivity index (χ0v) is 8.48. The normalized spacial score (nSPS) is 10.5. The summed E-state index contributed by atoms with van der Waals surface area (Å²) in [4.78, 5) is 13.1. The summed E-state index contributed by atoms with van der Waals surface area (Å²) in [5.74, 6) is 0.784. The largest absolute Gasteiger partial charge is 0.298 e. The molecule has 0 saturated carbocycles. The zero-order chi connectivity index (χ0) is 10.0. The second kappa shape index (κ2) is 3.60. The molecule has 0 radical (unpaired) electrons. The second-order valence-corrected chi connectivity index (χ2v) is 3.40. The van der Waals surface area contributed by atoms with E-state index in [0.717, 1.165) is 0 Å². The molecule has 72 valence electrons. The van der Waals surface area contributed by atoms with Gasteiger partial charge >= 0.3 is 0 Å². The Morgan fingerprint density at radius 2 is 2.23 bits per heavy atom. The van der Waals surface area contributed by atoms with Crippen LogP contribution in [0.4, 0.5) is 5.82 Å². The van der Waals surface area contributed by atoms with Gasteiger partial charge < -0.3 is 0 Å². The molecule has 1 rings (SSSR count). The average molecular weight is 181 g/mol. The number of amides is 1. The third kappa shape index (κ3) is 2.08. The van der Waals surface area contributed by atoms with Crippen molar-refractivity contribution >= 4 is 11.7 Å². The van der Waals surface area contributed by atoms with Crippen molar-refractivity contribution in [1.82, 2.24) is 9.78 Å². The van der Waals surface area contributed by atoms with Crippen molar-refractivity contribution in [2.75, 3.05) is 11.9 Å². The summed E-state index contributed by atoms with van der Waals surface area (Å²) in [6.45, 7) is 3.75. The fourth-order valence-electron chi connectivity index (χ4n) is 1.08. The highest BCUT2D eigenvalue weighted by molar-refractivity contribution is 5.93. The summed E-state index contributed by atoms with van der Waals surface area (Å²) < 4.78 is 1.68. The summed E-state index contributed by atoms with van der Waals surface area (Å²) in [6.07, 6.45) is 1.82. The number of carbonyl (C=O) groups is 1. The lowest BCUT2D eigenvalue weighted by Crippen LogP contribution is -2.30. The number of rotatable bonds is 2. The Kier molecular flexibility index (Phi) is 2.70. The maximum atomic E-state index is 11.5. The first kappa shape index (κ1) is 9.77. The van der Waals surface area contributed by atoms with Gasteiger partial charge in [-0.15, -0.1) is 0 Å². The first-order valence-corrected chi connectivity index (χ1v) is 4.29. The Balaban J connectivity index is 2.79. The van der Waals surface area contributed by atoms with E-state index in [1.165, 1.54) is 0 Å². The van der Waals surface area contributed by atoms with E-state index in [0.29, 0.717) is 5.82 Å². The lowest BCUT2D eigenvalue weighted by molar-refractivity contribution is -0.121. The van der Waals surface area contributed by atoms with Crippen LogP contribution in [0, 0.1) is 5.92 Å². The molecule has 1 aromatic rings. The quantitative estimate of drug-likeness (QED) is 0.683. The second-order valence-electron chi connectivity index (χ2n) is 3.40. The van der Waals surface area contributed by atoms with Crippen LogP contribution in [0.3, 0.4) is 0 Å². The zero-order valence-electron chi connectivity index (χ0n) is 8.48. The van der Waals surface area contributed by atoms with Crippen molar-refractivity contribution in [3.63, 3.8) is 0 Å². The predicted molar refractivity (Wildman–Crippen MR) is 51.5 cm³/mol. The van der Waals surface area contributed by atoms with Gasteiger partial charge in [0.25, 0.3) is 0 Å². The number of hydrogen-bond acceptors (Lipinski definition) is 2. The number of aryl methyl sites for hydroxylation is 1. The molecule has 0 atom stereocenters. The van der Waals surface area contributed by atoms with Crippen molar-refractivity contribution in [2.45, 2.75) is 13.8 Å². The Labute approximate surface area is 78.1 Å². The Hall–Kier alpha value is -1.32. The number of hydrogen-bond donors (Lipinski definition) is 0. The first-order valence-electron chi connectivity index (χ1n) is 4.29. The third-order valence-electron chi connectivity index (χ3n) is 1.87. The summed E-state index contributed by atoms with van der Waals surface area (Å²) >= 11 is 0. The Morgan fingerprint density at radius 1 is 1.62 bits per heavy atom. The lowest BCUT2D eigenvalue weighted by atomic mass is 10.2. The molecule has 1 heterocycles. The van der Waals surface area contributed by atoms with Crippen LogP contribution in [0.1, 0.15) is 13.8 Å². The van der Waals surface area contributed by atoms with E-state index in [1.54, 1.807) is 16.6 Å². The molecular weight excluding hydrogens is 166 g/mol. The molecule has 0 N–H and O–H groups in total. The van der Waals surface area contributed by atoms with E-state index in [1.807, 2.05) is 33.2 Å². The van der Waals surface area contributed by atoms with E-state index in [2.05, 4.69) is 5.10 Å². The summed E-state index contributed by atoms with van der Waals surface area (Å²) in [6, 6.07) is 1.82. The van der Waals surface area contributed by atoms with Crippen molar-refractivity contribution in [3.05, 3.63) is 12.3 Å². The molecule has 0 bridgehead atoms. The molecule has 0 aliphatic heterocycles. The van der Waals surface area contributed by atoms with Crippen LogP contribution in [0.15, 0.2) is 12.3 Å². The van der Waals surface area contributed by atoms with Gasteiger partial charge in [0.2, 0.25) is 5.91 Å². The van der Waals surface area contributed by atoms with Gasteiger partial charge in [0.1, 0.15) is 0 Å². The van der Waals surface area contributed by atoms with Crippen molar-refractivity contribution in [3.8, 4) is 0 Å². The maximum absolute atomic E-state index is 11.5. The van der Waals surface area contributed by atoms with Gasteiger partial charge in [-0.3, -0.25) is 14.4 Å². The average Bonchev–Trinajstić information content (AvgIpc) is 2.49. The highest BCUT2D eigenvalue weighted by Crippen LogP contribution is 2.10. The van der Waals surface area contributed by atoms with E-state index < -0.39 is 0 Å². The summed E-state index contributed by atoms with van der Waals surface area (Å²) in [7, 11) is 3.57. The minimum Gasteiger partial charge on any atom is -0.298 e. The van der Waals surface area contributed by atoms with Crippen LogP contribution in [0.25, 0.3) is 0 Å². The van der Waals surface area contributed by atoms with Crippen LogP contribution in [0.5, 0.6) is 0 Å². The van der Waals surface area contributed by atoms with Gasteiger partial charge in [-0.25, -0.2) is 0 Å². The van der Waals surface area contributed by atoms with Crippen LogP contribution < -0.4 is 4.90 Å². The Bertz CT molecular complexity index is 304. The molecule has 0 fully saturated rings. The molecule has 1 amide bonds. The molecular formula is C9H15N3O. The van der Waals surface area contributed by atoms with Gasteiger partial charge in [-0.2, -0.15) is 5.10 Å². The molecule has 0 aliphatic rings. The molecule has 4 nitrogen and oxygen atoms in total. The fraction of sp³-hybridized carbons (Fsp3) is 0.556. The van der Waals surface area contributed by atoms with Crippen molar-refractivity contribution in [2.24, 2.45) is 13.0 Å². The standard InChI is InChI=1S/C9H15N3O/c1-7(2)9(13)12(4)8-5-6-11(3)10-8/h5-7H,1-4H3. The Morgan fingerprint density at radius 3 is 2.62 bits per heavy atom. The highest BCUT2D eigenvalue weighted by Gasteiger charge is 2.15. The lowest BCUT2D eigenvalue weighted by Gasteiger charge is -2.16. The van der Waals surface area contributed by atoms with Crippen molar-refractivity contribution < 1.29 is 4.79 Å². The molecule has 0 aromatic carbocycles. The van der Waals surface area contributed by atoms with Crippen LogP contribution >= 0.6 is 0 Å². The summed E-state index contributed by atoms with van der Waals surface area (Å²) in [5, 5.41) is 4.14. The number of carbonyl (C=O) groups excluding carboxylic acids is 1. The molecule has 0 unspecified atom stereocenters. The maximum Gasteiger partial charge on any atom is 0.230 e. The van der Waals surface area contributed by atoms with Crippen LogP contribution in [0.2, 0.25) is 0 Å². The number of nitrogens with zero attached hydrogens (tertiary/aromatic N) is 3. The fourth-order valence-corrected chi connectivity index (χ4v) is 1.08. The topological polar surface area (TPSA) is 38.1 Å². The summed E-state index contributed by atoms with van der Waals surface area (Å²) in [5.41, 5.74) is 0. The predicted octanol–water partition coefficient (Wildman–Crippen LogP) is 1.04. The SMILES string of the molecule is CC(C)C(=O)N(C)c1ccn(C)n1. The molecule has 0 saturated heterocycles. The highest BCUT2D eigenvalue weighted by atomic mass is 16.2. The molecule has 4 heteroatoms. The van der Waals surface area contributed by atoms with E-state index in [-0.39, 0.29) is 11.8 Å². The van der Waals surface area contributed by atoms with Gasteiger partial charge in [0, 0.05) is 32.3 Å².